The molecule has 2 saturated carbocycles. The van der Waals surface area contributed by atoms with E-state index in [0.29, 0.717) is 0 Å². The number of ketones is 2. The number of carbonyl (C=O) groups is 2. The van der Waals surface area contributed by atoms with Gasteiger partial charge < -0.3 is 9.47 Å². The summed E-state index contributed by atoms with van der Waals surface area (Å²) in [6.45, 7) is 0. The number of allylic oxidation sites excluding steroid dienone is 2. The normalized spacial score (nSPS) is 34.6. The molecule has 4 heteroatoms. The molecule has 0 amide bonds. The first-order chi connectivity index (χ1) is 11.6. The van der Waals surface area contributed by atoms with Gasteiger partial charge in [0, 0.05) is 23.3 Å². The van der Waals surface area contributed by atoms with Gasteiger partial charge in [0.25, 0.3) is 0 Å². The summed E-state index contributed by atoms with van der Waals surface area (Å²) in [5.41, 5.74) is 0.938. The van der Waals surface area contributed by atoms with E-state index in [0.717, 1.165) is 37.0 Å². The third kappa shape index (κ3) is 1.86. The second kappa shape index (κ2) is 5.47. The van der Waals surface area contributed by atoms with Crippen molar-refractivity contribution in [2.45, 2.75) is 31.1 Å². The van der Waals surface area contributed by atoms with Crippen molar-refractivity contribution in [2.75, 3.05) is 14.2 Å². The molecule has 4 nitrogen and oxygen atoms in total. The summed E-state index contributed by atoms with van der Waals surface area (Å²) in [5.74, 6) is 0.904. The highest BCUT2D eigenvalue weighted by molar-refractivity contribution is 6.12. The quantitative estimate of drug-likeness (QED) is 0.857. The second-order valence-electron chi connectivity index (χ2n) is 7.10. The standard InChI is InChI=1S/C20H22O4/c1-23-13-8-6-12(7-9-13)20-10-4-3-5-14(20)17-15(21)11-16(24-2)19(22)18(17)20/h6-9,11,14,17-18H,3-5,10H2,1-2H3/t14-,17+,18+,20+/m1/s1. The van der Waals surface area contributed by atoms with Gasteiger partial charge in [-0.25, -0.2) is 0 Å². The molecule has 4 atom stereocenters. The molecule has 1 aromatic carbocycles. The van der Waals surface area contributed by atoms with Gasteiger partial charge in [0.05, 0.1) is 14.2 Å². The number of rotatable bonds is 3. The Morgan fingerprint density at radius 3 is 2.46 bits per heavy atom. The van der Waals surface area contributed by atoms with Gasteiger partial charge in [-0.15, -0.1) is 0 Å². The van der Waals surface area contributed by atoms with Gasteiger partial charge in [0.2, 0.25) is 5.78 Å². The van der Waals surface area contributed by atoms with Crippen molar-refractivity contribution in [3.63, 3.8) is 0 Å². The van der Waals surface area contributed by atoms with Crippen LogP contribution in [-0.4, -0.2) is 25.8 Å². The molecule has 126 valence electrons. The van der Waals surface area contributed by atoms with Crippen LogP contribution in [0.4, 0.5) is 0 Å². The summed E-state index contributed by atoms with van der Waals surface area (Å²) in [4.78, 5) is 25.5. The molecule has 0 radical (unpaired) electrons. The molecule has 0 saturated heterocycles. The molecular weight excluding hydrogens is 304 g/mol. The lowest BCUT2D eigenvalue weighted by atomic mass is 9.38. The van der Waals surface area contributed by atoms with Crippen LogP contribution in [0.15, 0.2) is 36.1 Å². The fourth-order valence-electron chi connectivity index (χ4n) is 5.35. The minimum atomic E-state index is -0.274. The summed E-state index contributed by atoms with van der Waals surface area (Å²) >= 11 is 0. The van der Waals surface area contributed by atoms with Crippen LogP contribution in [0.25, 0.3) is 0 Å². The van der Waals surface area contributed by atoms with Crippen molar-refractivity contribution in [1.29, 1.82) is 0 Å². The minimum Gasteiger partial charge on any atom is -0.497 e. The number of methoxy groups -OCH3 is 2. The molecule has 3 aliphatic rings. The van der Waals surface area contributed by atoms with Gasteiger partial charge in [-0.1, -0.05) is 25.0 Å². The van der Waals surface area contributed by atoms with Crippen LogP contribution in [0.2, 0.25) is 0 Å². The van der Waals surface area contributed by atoms with E-state index in [1.165, 1.54) is 13.2 Å². The Morgan fingerprint density at radius 2 is 1.79 bits per heavy atom. The summed E-state index contributed by atoms with van der Waals surface area (Å²) in [7, 11) is 3.11. The highest BCUT2D eigenvalue weighted by Gasteiger charge is 2.68. The lowest BCUT2D eigenvalue weighted by Gasteiger charge is -2.63. The molecule has 0 heterocycles. The van der Waals surface area contributed by atoms with E-state index in [-0.39, 0.29) is 40.5 Å². The predicted molar refractivity (Wildman–Crippen MR) is 88.7 cm³/mol. The van der Waals surface area contributed by atoms with Gasteiger partial charge in [-0.05, 0) is 36.5 Å². The van der Waals surface area contributed by atoms with E-state index in [9.17, 15) is 9.59 Å². The van der Waals surface area contributed by atoms with E-state index in [2.05, 4.69) is 12.1 Å². The number of ether oxygens (including phenoxy) is 2. The maximum Gasteiger partial charge on any atom is 0.202 e. The monoisotopic (exact) mass is 326 g/mol. The smallest absolute Gasteiger partial charge is 0.202 e. The van der Waals surface area contributed by atoms with E-state index < -0.39 is 0 Å². The number of fused-ring (bicyclic) bond motifs is 4. The van der Waals surface area contributed by atoms with Crippen LogP contribution in [-0.2, 0) is 19.7 Å². The second-order valence-corrected chi connectivity index (χ2v) is 7.10. The Labute approximate surface area is 141 Å². The molecule has 0 aliphatic heterocycles. The topological polar surface area (TPSA) is 52.6 Å². The number of Topliss-reactive ketones (excluding diaryl/α,β-unsaturated/α-hetero) is 1. The van der Waals surface area contributed by atoms with Crippen LogP contribution in [0.5, 0.6) is 5.75 Å². The van der Waals surface area contributed by atoms with Crippen molar-refractivity contribution in [1.82, 2.24) is 0 Å². The van der Waals surface area contributed by atoms with E-state index in [4.69, 9.17) is 9.47 Å². The summed E-state index contributed by atoms with van der Waals surface area (Å²) in [6, 6.07) is 8.03. The van der Waals surface area contributed by atoms with E-state index in [1.807, 2.05) is 12.1 Å². The van der Waals surface area contributed by atoms with E-state index in [1.54, 1.807) is 7.11 Å². The van der Waals surface area contributed by atoms with Crippen LogP contribution >= 0.6 is 0 Å². The first-order valence-electron chi connectivity index (χ1n) is 8.61. The van der Waals surface area contributed by atoms with Crippen LogP contribution in [0.1, 0.15) is 31.2 Å². The zero-order valence-corrected chi connectivity index (χ0v) is 14.1. The van der Waals surface area contributed by atoms with Gasteiger partial charge >= 0.3 is 0 Å². The minimum absolute atomic E-state index is 0.00364. The van der Waals surface area contributed by atoms with Crippen molar-refractivity contribution >= 4 is 11.6 Å². The zero-order valence-electron chi connectivity index (χ0n) is 14.1. The third-order valence-electron chi connectivity index (χ3n) is 6.34. The molecule has 4 rings (SSSR count). The summed E-state index contributed by atoms with van der Waals surface area (Å²) < 4.78 is 10.5. The van der Waals surface area contributed by atoms with Crippen molar-refractivity contribution in [3.05, 3.63) is 41.7 Å². The molecule has 24 heavy (non-hydrogen) atoms. The van der Waals surface area contributed by atoms with Crippen molar-refractivity contribution in [2.24, 2.45) is 17.8 Å². The van der Waals surface area contributed by atoms with Crippen molar-refractivity contribution < 1.29 is 19.1 Å². The predicted octanol–water partition coefficient (Wildman–Crippen LogP) is 3.05. The maximum absolute atomic E-state index is 12.9. The largest absolute Gasteiger partial charge is 0.497 e. The summed E-state index contributed by atoms with van der Waals surface area (Å²) in [5, 5.41) is 0. The molecule has 0 unspecified atom stereocenters. The Bertz CT molecular complexity index is 718. The summed E-state index contributed by atoms with van der Waals surface area (Å²) in [6.07, 6.45) is 5.62. The average molecular weight is 326 g/mol. The molecular formula is C20H22O4. The van der Waals surface area contributed by atoms with Crippen molar-refractivity contribution in [3.8, 4) is 5.75 Å². The SMILES string of the molecule is COC1=CC(=O)[C@@H]2[C@H]3CCCC[C@@]3(c3ccc(OC)cc3)[C@@H]2C1=O. The Morgan fingerprint density at radius 1 is 1.04 bits per heavy atom. The number of benzene rings is 1. The molecule has 2 fully saturated rings. The van der Waals surface area contributed by atoms with Crippen LogP contribution in [0.3, 0.4) is 0 Å². The number of hydrogen-bond acceptors (Lipinski definition) is 4. The lowest BCUT2D eigenvalue weighted by Crippen LogP contribution is -2.67. The first kappa shape index (κ1) is 15.4. The molecule has 3 aliphatic carbocycles. The van der Waals surface area contributed by atoms with Gasteiger partial charge in [-0.3, -0.25) is 9.59 Å². The first-order valence-corrected chi connectivity index (χ1v) is 8.61. The third-order valence-corrected chi connectivity index (χ3v) is 6.34. The number of hydrogen-bond donors (Lipinski definition) is 0. The van der Waals surface area contributed by atoms with Gasteiger partial charge in [-0.2, -0.15) is 0 Å². The molecule has 0 N–H and O–H groups in total. The molecule has 1 aromatic rings. The van der Waals surface area contributed by atoms with Gasteiger partial charge in [0.1, 0.15) is 5.75 Å². The zero-order chi connectivity index (χ0) is 16.9. The van der Waals surface area contributed by atoms with E-state index >= 15 is 0 Å². The molecule has 0 spiro atoms. The Kier molecular flexibility index (Phi) is 3.52. The number of carbonyl (C=O) groups excluding carboxylic acids is 2. The van der Waals surface area contributed by atoms with Gasteiger partial charge in [0.15, 0.2) is 11.5 Å². The fraction of sp³-hybridized carbons (Fsp3) is 0.500. The average Bonchev–Trinajstić information content (AvgIpc) is 2.60. The Balaban J connectivity index is 1.81. The van der Waals surface area contributed by atoms with Crippen LogP contribution < -0.4 is 4.74 Å². The molecule has 0 aromatic heterocycles. The van der Waals surface area contributed by atoms with Crippen LogP contribution in [0, 0.1) is 17.8 Å². The molecule has 0 bridgehead atoms. The maximum atomic E-state index is 12.9. The lowest BCUT2D eigenvalue weighted by molar-refractivity contribution is -0.160. The fourth-order valence-corrected chi connectivity index (χ4v) is 5.35. The highest BCUT2D eigenvalue weighted by Crippen LogP contribution is 2.65. The highest BCUT2D eigenvalue weighted by atomic mass is 16.5. The Hall–Kier alpha value is -2.10.